The van der Waals surface area contributed by atoms with Crippen molar-refractivity contribution in [2.75, 3.05) is 6.54 Å². The van der Waals surface area contributed by atoms with E-state index in [9.17, 15) is 0 Å². The predicted molar refractivity (Wildman–Crippen MR) is 87.6 cm³/mol. The van der Waals surface area contributed by atoms with Gasteiger partial charge in [0.15, 0.2) is 0 Å². The van der Waals surface area contributed by atoms with Crippen LogP contribution in [0.25, 0.3) is 0 Å². The molecule has 106 valence electrons. The minimum Gasteiger partial charge on any atom is -0.330 e. The average molecular weight is 308 g/mol. The lowest BCUT2D eigenvalue weighted by molar-refractivity contribution is 0.533. The quantitative estimate of drug-likeness (QED) is 0.854. The Bertz CT molecular complexity index is 581. The Morgan fingerprint density at radius 3 is 2.25 bits per heavy atom. The van der Waals surface area contributed by atoms with E-state index >= 15 is 0 Å². The van der Waals surface area contributed by atoms with E-state index in [1.54, 1.807) is 0 Å². The van der Waals surface area contributed by atoms with Crippen LogP contribution in [0.15, 0.2) is 42.5 Å². The van der Waals surface area contributed by atoms with Gasteiger partial charge >= 0.3 is 0 Å². The Labute approximate surface area is 130 Å². The molecule has 0 aromatic heterocycles. The van der Waals surface area contributed by atoms with Gasteiger partial charge in [0.25, 0.3) is 0 Å². The first-order valence-electron chi connectivity index (χ1n) is 6.78. The number of nitrogens with two attached hydrogens (primary N) is 1. The van der Waals surface area contributed by atoms with Gasteiger partial charge in [0, 0.05) is 0 Å². The summed E-state index contributed by atoms with van der Waals surface area (Å²) < 4.78 is 0. The Morgan fingerprint density at radius 1 is 0.950 bits per heavy atom. The molecular formula is C17H19Cl2N. The van der Waals surface area contributed by atoms with Crippen LogP contribution in [-0.4, -0.2) is 6.54 Å². The molecule has 0 radical (unpaired) electrons. The molecule has 0 bridgehead atoms. The predicted octanol–water partition coefficient (Wildman–Crippen LogP) is 4.66. The summed E-state index contributed by atoms with van der Waals surface area (Å²) in [7, 11) is 0. The van der Waals surface area contributed by atoms with Crippen LogP contribution in [0.4, 0.5) is 0 Å². The maximum absolute atomic E-state index is 6.06. The minimum absolute atomic E-state index is 0.411. The van der Waals surface area contributed by atoms with E-state index in [0.29, 0.717) is 22.5 Å². The topological polar surface area (TPSA) is 26.0 Å². The van der Waals surface area contributed by atoms with E-state index < -0.39 is 0 Å². The van der Waals surface area contributed by atoms with Crippen LogP contribution in [0.3, 0.4) is 0 Å². The van der Waals surface area contributed by atoms with E-state index in [1.807, 2.05) is 18.2 Å². The first kappa shape index (κ1) is 15.4. The Kier molecular flexibility index (Phi) is 5.47. The number of hydrogen-bond donors (Lipinski definition) is 1. The number of aryl methyl sites for hydroxylation is 1. The molecule has 2 aromatic rings. The first-order valence-corrected chi connectivity index (χ1v) is 7.53. The zero-order valence-corrected chi connectivity index (χ0v) is 13.1. The standard InChI is InChI=1S/C17H19Cl2N/c1-12-3-2-4-13(7-12)8-15(11-20)9-14-5-6-16(18)17(19)10-14/h2-7,10,15H,8-9,11,20H2,1H3. The molecule has 0 saturated heterocycles. The zero-order valence-electron chi connectivity index (χ0n) is 11.6. The lowest BCUT2D eigenvalue weighted by atomic mass is 9.92. The van der Waals surface area contributed by atoms with E-state index in [0.717, 1.165) is 12.8 Å². The Morgan fingerprint density at radius 2 is 1.65 bits per heavy atom. The second-order valence-electron chi connectivity index (χ2n) is 5.25. The van der Waals surface area contributed by atoms with E-state index in [4.69, 9.17) is 28.9 Å². The first-order chi connectivity index (χ1) is 9.58. The fourth-order valence-corrected chi connectivity index (χ4v) is 2.73. The Balaban J connectivity index is 2.07. The van der Waals surface area contributed by atoms with Crippen molar-refractivity contribution in [3.63, 3.8) is 0 Å². The van der Waals surface area contributed by atoms with Crippen LogP contribution < -0.4 is 5.73 Å². The SMILES string of the molecule is Cc1cccc(CC(CN)Cc2ccc(Cl)c(Cl)c2)c1. The molecular weight excluding hydrogens is 289 g/mol. The normalized spacial score (nSPS) is 12.4. The van der Waals surface area contributed by atoms with E-state index in [-0.39, 0.29) is 0 Å². The third kappa shape index (κ3) is 4.24. The third-order valence-electron chi connectivity index (χ3n) is 3.45. The van der Waals surface area contributed by atoms with Gasteiger partial charge in [-0.1, -0.05) is 59.1 Å². The minimum atomic E-state index is 0.411. The molecule has 0 amide bonds. The summed E-state index contributed by atoms with van der Waals surface area (Å²) in [5, 5.41) is 1.20. The summed E-state index contributed by atoms with van der Waals surface area (Å²) in [5.41, 5.74) is 9.72. The lowest BCUT2D eigenvalue weighted by Gasteiger charge is -2.15. The number of hydrogen-bond acceptors (Lipinski definition) is 1. The van der Waals surface area contributed by atoms with Gasteiger partial charge in [0.1, 0.15) is 0 Å². The van der Waals surface area contributed by atoms with Crippen LogP contribution >= 0.6 is 23.2 Å². The summed E-state index contributed by atoms with van der Waals surface area (Å²) >= 11 is 12.0. The molecule has 0 heterocycles. The summed E-state index contributed by atoms with van der Waals surface area (Å²) in [6.07, 6.45) is 1.90. The van der Waals surface area contributed by atoms with Crippen molar-refractivity contribution < 1.29 is 0 Å². The summed E-state index contributed by atoms with van der Waals surface area (Å²) in [6, 6.07) is 14.4. The van der Waals surface area contributed by atoms with Crippen molar-refractivity contribution in [2.24, 2.45) is 11.7 Å². The summed E-state index contributed by atoms with van der Waals surface area (Å²) in [5.74, 6) is 0.411. The number of halogens is 2. The van der Waals surface area contributed by atoms with Gasteiger partial charge in [0.05, 0.1) is 10.0 Å². The van der Waals surface area contributed by atoms with Gasteiger partial charge in [0.2, 0.25) is 0 Å². The van der Waals surface area contributed by atoms with Gasteiger partial charge in [-0.2, -0.15) is 0 Å². The van der Waals surface area contributed by atoms with Crippen LogP contribution in [-0.2, 0) is 12.8 Å². The fraction of sp³-hybridized carbons (Fsp3) is 0.294. The molecule has 2 N–H and O–H groups in total. The monoisotopic (exact) mass is 307 g/mol. The van der Waals surface area contributed by atoms with Crippen molar-refractivity contribution in [3.8, 4) is 0 Å². The van der Waals surface area contributed by atoms with Crippen LogP contribution in [0.1, 0.15) is 16.7 Å². The van der Waals surface area contributed by atoms with Crippen LogP contribution in [0.2, 0.25) is 10.0 Å². The van der Waals surface area contributed by atoms with E-state index in [1.165, 1.54) is 16.7 Å². The highest BCUT2D eigenvalue weighted by Gasteiger charge is 2.10. The molecule has 0 spiro atoms. The average Bonchev–Trinajstić information content (AvgIpc) is 2.42. The van der Waals surface area contributed by atoms with Crippen molar-refractivity contribution in [3.05, 3.63) is 69.2 Å². The highest BCUT2D eigenvalue weighted by molar-refractivity contribution is 6.42. The summed E-state index contributed by atoms with van der Waals surface area (Å²) in [4.78, 5) is 0. The molecule has 2 rings (SSSR count). The molecule has 0 fully saturated rings. The molecule has 1 atom stereocenters. The lowest BCUT2D eigenvalue weighted by Crippen LogP contribution is -2.19. The van der Waals surface area contributed by atoms with Gasteiger partial charge in [-0.25, -0.2) is 0 Å². The number of rotatable bonds is 5. The van der Waals surface area contributed by atoms with Crippen molar-refractivity contribution in [2.45, 2.75) is 19.8 Å². The molecule has 0 aliphatic rings. The van der Waals surface area contributed by atoms with Gasteiger partial charge in [-0.3, -0.25) is 0 Å². The van der Waals surface area contributed by atoms with Gasteiger partial charge < -0.3 is 5.73 Å². The molecule has 0 aliphatic heterocycles. The summed E-state index contributed by atoms with van der Waals surface area (Å²) in [6.45, 7) is 2.77. The van der Waals surface area contributed by atoms with Crippen LogP contribution in [0.5, 0.6) is 0 Å². The molecule has 0 saturated carbocycles. The maximum atomic E-state index is 6.06. The Hall–Kier alpha value is -1.02. The highest BCUT2D eigenvalue weighted by atomic mass is 35.5. The molecule has 0 aliphatic carbocycles. The second-order valence-corrected chi connectivity index (χ2v) is 6.06. The largest absolute Gasteiger partial charge is 0.330 e. The van der Waals surface area contributed by atoms with Crippen molar-refractivity contribution in [1.29, 1.82) is 0 Å². The van der Waals surface area contributed by atoms with Gasteiger partial charge in [-0.05, 0) is 55.5 Å². The second kappa shape index (κ2) is 7.12. The molecule has 1 nitrogen and oxygen atoms in total. The molecule has 3 heteroatoms. The van der Waals surface area contributed by atoms with Crippen LogP contribution in [0, 0.1) is 12.8 Å². The third-order valence-corrected chi connectivity index (χ3v) is 4.19. The number of benzene rings is 2. The van der Waals surface area contributed by atoms with Crippen molar-refractivity contribution >= 4 is 23.2 Å². The van der Waals surface area contributed by atoms with Crippen molar-refractivity contribution in [1.82, 2.24) is 0 Å². The molecule has 20 heavy (non-hydrogen) atoms. The fourth-order valence-electron chi connectivity index (χ4n) is 2.41. The highest BCUT2D eigenvalue weighted by Crippen LogP contribution is 2.24. The molecule has 1 unspecified atom stereocenters. The smallest absolute Gasteiger partial charge is 0.0595 e. The van der Waals surface area contributed by atoms with E-state index in [2.05, 4.69) is 31.2 Å². The maximum Gasteiger partial charge on any atom is 0.0595 e. The zero-order chi connectivity index (χ0) is 14.5. The molecule has 2 aromatic carbocycles. The van der Waals surface area contributed by atoms with Gasteiger partial charge in [-0.15, -0.1) is 0 Å².